The number of H-pyrrole nitrogens is 1. The van der Waals surface area contributed by atoms with E-state index in [9.17, 15) is 4.39 Å². The lowest BCUT2D eigenvalue weighted by molar-refractivity contribution is 0.628. The summed E-state index contributed by atoms with van der Waals surface area (Å²) in [5, 5.41) is 6.33. The number of aliphatic imine (C=N–C) groups is 1. The minimum atomic E-state index is -0.243. The van der Waals surface area contributed by atoms with Gasteiger partial charge >= 0.3 is 0 Å². The second-order valence-electron chi connectivity index (χ2n) is 4.98. The topological polar surface area (TPSA) is 40.2 Å². The van der Waals surface area contributed by atoms with E-state index in [-0.39, 0.29) is 5.82 Å². The molecule has 0 aliphatic carbocycles. The fourth-order valence-corrected chi connectivity index (χ4v) is 3.75. The van der Waals surface area contributed by atoms with Crippen molar-refractivity contribution in [1.82, 2.24) is 4.98 Å². The zero-order valence-corrected chi connectivity index (χ0v) is 13.8. The molecule has 0 spiro atoms. The van der Waals surface area contributed by atoms with Gasteiger partial charge in [0.15, 0.2) is 5.17 Å². The maximum absolute atomic E-state index is 12.9. The Morgan fingerprint density at radius 3 is 2.82 bits per heavy atom. The molecule has 0 bridgehead atoms. The van der Waals surface area contributed by atoms with Gasteiger partial charge in [0.1, 0.15) is 5.82 Å². The van der Waals surface area contributed by atoms with Gasteiger partial charge in [0, 0.05) is 26.6 Å². The number of aromatic nitrogens is 1. The summed E-state index contributed by atoms with van der Waals surface area (Å²) in [7, 11) is 0. The van der Waals surface area contributed by atoms with Crippen molar-refractivity contribution >= 4 is 49.4 Å². The molecule has 0 atom stereocenters. The number of benzene rings is 2. The van der Waals surface area contributed by atoms with Crippen molar-refractivity contribution in [3.63, 3.8) is 0 Å². The predicted molar refractivity (Wildman–Crippen MR) is 93.0 cm³/mol. The van der Waals surface area contributed by atoms with Gasteiger partial charge in [0.05, 0.1) is 11.6 Å². The molecule has 6 heteroatoms. The van der Waals surface area contributed by atoms with Gasteiger partial charge < -0.3 is 10.3 Å². The first-order valence-electron chi connectivity index (χ1n) is 6.74. The van der Waals surface area contributed by atoms with Crippen LogP contribution in [0.15, 0.2) is 57.0 Å². The maximum Gasteiger partial charge on any atom is 0.167 e. The first-order chi connectivity index (χ1) is 10.7. The van der Waals surface area contributed by atoms with Crippen molar-refractivity contribution in [3.8, 4) is 0 Å². The molecule has 2 aromatic carbocycles. The minimum Gasteiger partial charge on any atom is -0.349 e. The van der Waals surface area contributed by atoms with Crippen LogP contribution in [0.3, 0.4) is 0 Å². The largest absolute Gasteiger partial charge is 0.349 e. The van der Waals surface area contributed by atoms with Gasteiger partial charge in [-0.05, 0) is 54.2 Å². The summed E-state index contributed by atoms with van der Waals surface area (Å²) in [5.74, 6) is -0.243. The summed E-state index contributed by atoms with van der Waals surface area (Å²) in [6.45, 7) is 0.627. The lowest BCUT2D eigenvalue weighted by Gasteiger charge is -2.14. The van der Waals surface area contributed by atoms with Crippen molar-refractivity contribution < 1.29 is 4.39 Å². The molecular formula is C16H11BrFN3S. The first kappa shape index (κ1) is 13.8. The molecule has 1 aromatic heterocycles. The molecule has 2 N–H and O–H groups in total. The molecule has 1 aliphatic rings. The predicted octanol–water partition coefficient (Wildman–Crippen LogP) is 5.14. The third-order valence-electron chi connectivity index (χ3n) is 3.50. The number of hydrogen-bond donors (Lipinski definition) is 2. The Morgan fingerprint density at radius 2 is 2.00 bits per heavy atom. The summed E-state index contributed by atoms with van der Waals surface area (Å²) in [6.07, 6.45) is 0. The van der Waals surface area contributed by atoms with Gasteiger partial charge in [-0.2, -0.15) is 0 Å². The van der Waals surface area contributed by atoms with Crippen LogP contribution < -0.4 is 5.32 Å². The lowest BCUT2D eigenvalue weighted by Crippen LogP contribution is -2.11. The molecule has 0 saturated carbocycles. The number of amidine groups is 1. The average Bonchev–Trinajstić information content (AvgIpc) is 2.87. The number of rotatable bonds is 1. The Bertz CT molecular complexity index is 886. The molecule has 3 aromatic rings. The normalized spacial score (nSPS) is 13.8. The third kappa shape index (κ3) is 2.53. The lowest BCUT2D eigenvalue weighted by atomic mass is 10.2. The van der Waals surface area contributed by atoms with Crippen LogP contribution in [0.2, 0.25) is 0 Å². The molecule has 1 aliphatic heterocycles. The molecule has 0 radical (unpaired) electrons. The maximum atomic E-state index is 12.9. The summed E-state index contributed by atoms with van der Waals surface area (Å²) < 4.78 is 14.0. The smallest absolute Gasteiger partial charge is 0.167 e. The number of hydrogen-bond acceptors (Lipinski definition) is 3. The fraction of sp³-hybridized carbons (Fsp3) is 0.0625. The molecule has 4 rings (SSSR count). The second kappa shape index (κ2) is 5.44. The van der Waals surface area contributed by atoms with E-state index in [1.165, 1.54) is 23.1 Å². The van der Waals surface area contributed by atoms with Gasteiger partial charge in [0.2, 0.25) is 0 Å². The van der Waals surface area contributed by atoms with Gasteiger partial charge in [-0.15, -0.1) is 0 Å². The van der Waals surface area contributed by atoms with Crippen LogP contribution in [0.1, 0.15) is 5.56 Å². The van der Waals surface area contributed by atoms with Gasteiger partial charge in [-0.3, -0.25) is 4.99 Å². The molecule has 0 fully saturated rings. The van der Waals surface area contributed by atoms with Crippen LogP contribution in [0.4, 0.5) is 10.1 Å². The van der Waals surface area contributed by atoms with E-state index in [0.717, 1.165) is 25.9 Å². The van der Waals surface area contributed by atoms with Gasteiger partial charge in [0.25, 0.3) is 0 Å². The zero-order chi connectivity index (χ0) is 15.1. The van der Waals surface area contributed by atoms with Crippen LogP contribution in [0, 0.1) is 5.82 Å². The minimum absolute atomic E-state index is 0.243. The summed E-state index contributed by atoms with van der Waals surface area (Å²) in [6, 6.07) is 12.5. The number of fused-ring (bicyclic) bond motifs is 3. The highest BCUT2D eigenvalue weighted by molar-refractivity contribution is 9.10. The number of anilines is 1. The standard InChI is InChI=1S/C16H11BrFN3S/c17-9-1-6-14-12(7-9)13-8-19-16(22-15(13)21-14)20-11-4-2-10(18)3-5-11/h1-7,21H,8H2,(H,19,20). The van der Waals surface area contributed by atoms with Crippen molar-refractivity contribution in [3.05, 3.63) is 58.3 Å². The number of nitrogens with one attached hydrogen (secondary N) is 2. The van der Waals surface area contributed by atoms with Gasteiger partial charge in [-0.1, -0.05) is 15.9 Å². The monoisotopic (exact) mass is 375 g/mol. The van der Waals surface area contributed by atoms with Crippen LogP contribution in [-0.2, 0) is 6.54 Å². The Kier molecular flexibility index (Phi) is 3.43. The third-order valence-corrected chi connectivity index (χ3v) is 4.97. The van der Waals surface area contributed by atoms with Crippen LogP contribution in [-0.4, -0.2) is 10.2 Å². The second-order valence-corrected chi connectivity index (χ2v) is 6.89. The molecular weight excluding hydrogens is 365 g/mol. The highest BCUT2D eigenvalue weighted by atomic mass is 79.9. The Balaban J connectivity index is 1.62. The van der Waals surface area contributed by atoms with E-state index in [1.807, 2.05) is 6.07 Å². The molecule has 110 valence electrons. The average molecular weight is 376 g/mol. The highest BCUT2D eigenvalue weighted by Gasteiger charge is 2.18. The number of aromatic amines is 1. The number of nitrogens with zero attached hydrogens (tertiary/aromatic N) is 1. The van der Waals surface area contributed by atoms with Gasteiger partial charge in [-0.25, -0.2) is 4.39 Å². The Hall–Kier alpha value is -1.79. The van der Waals surface area contributed by atoms with Crippen molar-refractivity contribution in [2.24, 2.45) is 4.99 Å². The summed E-state index contributed by atoms with van der Waals surface area (Å²) in [5.41, 5.74) is 3.15. The number of thioether (sulfide) groups is 1. The molecule has 0 amide bonds. The summed E-state index contributed by atoms with van der Waals surface area (Å²) in [4.78, 5) is 8.01. The van der Waals surface area contributed by atoms with E-state index >= 15 is 0 Å². The van der Waals surface area contributed by atoms with E-state index in [4.69, 9.17) is 0 Å². The quantitative estimate of drug-likeness (QED) is 0.617. The van der Waals surface area contributed by atoms with Crippen molar-refractivity contribution in [2.75, 3.05) is 5.32 Å². The van der Waals surface area contributed by atoms with E-state index < -0.39 is 0 Å². The molecule has 22 heavy (non-hydrogen) atoms. The van der Waals surface area contributed by atoms with Crippen LogP contribution >= 0.6 is 27.7 Å². The number of halogens is 2. The molecule has 3 nitrogen and oxygen atoms in total. The van der Waals surface area contributed by atoms with Crippen LogP contribution in [0.25, 0.3) is 10.9 Å². The Labute approximate surface area is 139 Å². The first-order valence-corrected chi connectivity index (χ1v) is 8.35. The van der Waals surface area contributed by atoms with Crippen molar-refractivity contribution in [2.45, 2.75) is 11.6 Å². The Morgan fingerprint density at radius 1 is 1.18 bits per heavy atom. The van der Waals surface area contributed by atoms with E-state index in [2.05, 4.69) is 43.4 Å². The van der Waals surface area contributed by atoms with Crippen molar-refractivity contribution in [1.29, 1.82) is 0 Å². The summed E-state index contributed by atoms with van der Waals surface area (Å²) >= 11 is 5.07. The molecule has 0 unspecified atom stereocenters. The fourth-order valence-electron chi connectivity index (χ4n) is 2.44. The molecule has 2 heterocycles. The van der Waals surface area contributed by atoms with E-state index in [1.54, 1.807) is 23.9 Å². The SMILES string of the molecule is Fc1ccc(NC2=NCc3c([nH]c4ccc(Br)cc34)S2)cc1. The molecule has 0 saturated heterocycles. The highest BCUT2D eigenvalue weighted by Crippen LogP contribution is 2.35. The zero-order valence-electron chi connectivity index (χ0n) is 11.4. The van der Waals surface area contributed by atoms with Crippen LogP contribution in [0.5, 0.6) is 0 Å². The van der Waals surface area contributed by atoms with E-state index in [0.29, 0.717) is 6.54 Å².